The Bertz CT molecular complexity index is 1360. The number of amides is 2. The molecule has 0 saturated carbocycles. The van der Waals surface area contributed by atoms with E-state index >= 15 is 0 Å². The number of halogens is 1. The predicted molar refractivity (Wildman–Crippen MR) is 142 cm³/mol. The molecule has 3 aliphatic heterocycles. The Morgan fingerprint density at radius 2 is 2.03 bits per heavy atom. The van der Waals surface area contributed by atoms with Crippen molar-refractivity contribution in [2.45, 2.75) is 31.4 Å². The fourth-order valence-corrected chi connectivity index (χ4v) is 6.25. The lowest BCUT2D eigenvalue weighted by Crippen LogP contribution is -2.49. The minimum Gasteiger partial charge on any atom is -0.491 e. The second-order valence-corrected chi connectivity index (χ2v) is 10.8. The van der Waals surface area contributed by atoms with E-state index in [1.54, 1.807) is 51.5 Å². The van der Waals surface area contributed by atoms with Crippen LogP contribution in [0.1, 0.15) is 39.7 Å². The Balaban J connectivity index is 1.22. The molecule has 2 unspecified atom stereocenters. The van der Waals surface area contributed by atoms with Crippen molar-refractivity contribution in [3.05, 3.63) is 75.7 Å². The van der Waals surface area contributed by atoms with Crippen molar-refractivity contribution in [1.29, 1.82) is 0 Å². The number of carbonyl (C=O) groups is 2. The van der Waals surface area contributed by atoms with E-state index in [4.69, 9.17) is 18.9 Å². The number of nitrogens with zero attached hydrogens (tertiary/aromatic N) is 2. The van der Waals surface area contributed by atoms with Crippen LogP contribution in [0.15, 0.2) is 53.9 Å². The zero-order valence-electron chi connectivity index (χ0n) is 21.3. The van der Waals surface area contributed by atoms with Gasteiger partial charge in [-0.1, -0.05) is 6.07 Å². The molecule has 0 radical (unpaired) electrons. The monoisotopic (exact) mass is 552 g/mol. The first kappa shape index (κ1) is 25.6. The molecule has 4 heterocycles. The highest BCUT2D eigenvalue weighted by Gasteiger charge is 2.35. The number of hydrogen-bond acceptors (Lipinski definition) is 7. The summed E-state index contributed by atoms with van der Waals surface area (Å²) in [5, 5.41) is 2.01. The predicted octanol–water partition coefficient (Wildman–Crippen LogP) is 4.44. The molecule has 2 amide bonds. The molecule has 0 aliphatic carbocycles. The van der Waals surface area contributed by atoms with E-state index in [2.05, 4.69) is 0 Å². The summed E-state index contributed by atoms with van der Waals surface area (Å²) in [4.78, 5) is 32.1. The van der Waals surface area contributed by atoms with Gasteiger partial charge in [0.05, 0.1) is 12.1 Å². The van der Waals surface area contributed by atoms with Crippen molar-refractivity contribution in [3.8, 4) is 17.2 Å². The molecule has 1 fully saturated rings. The van der Waals surface area contributed by atoms with E-state index < -0.39 is 0 Å². The topological polar surface area (TPSA) is 77.5 Å². The second kappa shape index (κ2) is 11.2. The summed E-state index contributed by atoms with van der Waals surface area (Å²) in [5.41, 5.74) is 1.46. The van der Waals surface area contributed by atoms with Gasteiger partial charge in [-0.05, 0) is 66.6 Å². The summed E-state index contributed by atoms with van der Waals surface area (Å²) in [6, 6.07) is 12.7. The summed E-state index contributed by atoms with van der Waals surface area (Å²) in [6.45, 7) is 1.68. The summed E-state index contributed by atoms with van der Waals surface area (Å²) in [6.07, 6.45) is 2.38. The Hall–Kier alpha value is -3.63. The van der Waals surface area contributed by atoms with E-state index in [1.807, 2.05) is 11.4 Å². The van der Waals surface area contributed by atoms with Crippen molar-refractivity contribution in [1.82, 2.24) is 9.80 Å². The average Bonchev–Trinajstić information content (AvgIpc) is 3.72. The zero-order chi connectivity index (χ0) is 26.8. The van der Waals surface area contributed by atoms with Gasteiger partial charge in [-0.3, -0.25) is 9.59 Å². The molecule has 39 heavy (non-hydrogen) atoms. The maximum atomic E-state index is 13.8. The van der Waals surface area contributed by atoms with E-state index in [0.29, 0.717) is 42.5 Å². The number of rotatable bonds is 8. The lowest BCUT2D eigenvalue weighted by atomic mass is 10.00. The molecular weight excluding hydrogens is 523 g/mol. The molecule has 3 aromatic rings. The standard InChI is InChI=1S/C29H29FN2O6S/c30-20-3-1-4-21(14-20)36-17-24-23-9-12-39-27(23)8-10-32(24)28(33)16-31(15-22-5-2-11-35-22)29(34)19-6-7-25-26(13-19)38-18-37-25/h1,3-4,6-7,9,12-14,22,24H,2,5,8,10-11,15-18H2. The minimum absolute atomic E-state index is 0.0942. The van der Waals surface area contributed by atoms with Gasteiger partial charge in [0.15, 0.2) is 11.5 Å². The molecule has 0 bridgehead atoms. The highest BCUT2D eigenvalue weighted by molar-refractivity contribution is 7.10. The number of carbonyl (C=O) groups excluding carboxylic acids is 2. The number of fused-ring (bicyclic) bond motifs is 2. The lowest BCUT2D eigenvalue weighted by Gasteiger charge is -2.37. The molecular formula is C29H29FN2O6S. The fourth-order valence-electron chi connectivity index (χ4n) is 5.33. The Morgan fingerprint density at radius 1 is 1.13 bits per heavy atom. The van der Waals surface area contributed by atoms with Gasteiger partial charge in [0.25, 0.3) is 5.91 Å². The third-order valence-electron chi connectivity index (χ3n) is 7.30. The van der Waals surface area contributed by atoms with Crippen LogP contribution in [-0.4, -0.2) is 67.4 Å². The quantitative estimate of drug-likeness (QED) is 0.411. The number of thiophene rings is 1. The van der Waals surface area contributed by atoms with E-state index in [9.17, 15) is 14.0 Å². The highest BCUT2D eigenvalue weighted by atomic mass is 32.1. The summed E-state index contributed by atoms with van der Waals surface area (Å²) >= 11 is 1.66. The first-order valence-electron chi connectivity index (χ1n) is 13.1. The van der Waals surface area contributed by atoms with Gasteiger partial charge in [-0.2, -0.15) is 0 Å². The van der Waals surface area contributed by atoms with E-state index in [-0.39, 0.29) is 49.7 Å². The summed E-state index contributed by atoms with van der Waals surface area (Å²) in [5.74, 6) is 0.689. The maximum Gasteiger partial charge on any atom is 0.254 e. The summed E-state index contributed by atoms with van der Waals surface area (Å²) in [7, 11) is 0. The molecule has 2 atom stereocenters. The summed E-state index contributed by atoms with van der Waals surface area (Å²) < 4.78 is 36.3. The third-order valence-corrected chi connectivity index (χ3v) is 8.30. The smallest absolute Gasteiger partial charge is 0.254 e. The molecule has 1 aromatic heterocycles. The Labute approximate surface area is 229 Å². The Morgan fingerprint density at radius 3 is 2.87 bits per heavy atom. The number of ether oxygens (including phenoxy) is 4. The highest BCUT2D eigenvalue weighted by Crippen LogP contribution is 2.35. The van der Waals surface area contributed by atoms with Crippen LogP contribution in [0.4, 0.5) is 4.39 Å². The van der Waals surface area contributed by atoms with Crippen LogP contribution < -0.4 is 14.2 Å². The van der Waals surface area contributed by atoms with Gasteiger partial charge < -0.3 is 28.7 Å². The van der Waals surface area contributed by atoms with Gasteiger partial charge in [-0.15, -0.1) is 11.3 Å². The van der Waals surface area contributed by atoms with Gasteiger partial charge >= 0.3 is 0 Å². The molecule has 204 valence electrons. The molecule has 8 nitrogen and oxygen atoms in total. The normalized spacial score (nSPS) is 19.6. The SMILES string of the molecule is O=C(c1ccc2c(c1)OCO2)N(CC(=O)N1CCc2sccc2C1COc1cccc(F)c1)CC1CCCO1. The van der Waals surface area contributed by atoms with Crippen molar-refractivity contribution >= 4 is 23.2 Å². The number of hydrogen-bond donors (Lipinski definition) is 0. The van der Waals surface area contributed by atoms with Crippen molar-refractivity contribution in [2.24, 2.45) is 0 Å². The number of benzene rings is 2. The van der Waals surface area contributed by atoms with Gasteiger partial charge in [0.1, 0.15) is 24.7 Å². The first-order valence-corrected chi connectivity index (χ1v) is 14.0. The van der Waals surface area contributed by atoms with Crippen molar-refractivity contribution < 1.29 is 32.9 Å². The lowest BCUT2D eigenvalue weighted by molar-refractivity contribution is -0.135. The van der Waals surface area contributed by atoms with E-state index in [1.165, 1.54) is 17.0 Å². The minimum atomic E-state index is -0.382. The van der Waals surface area contributed by atoms with Gasteiger partial charge in [-0.25, -0.2) is 4.39 Å². The van der Waals surface area contributed by atoms with Crippen molar-refractivity contribution in [2.75, 3.05) is 39.6 Å². The van der Waals surface area contributed by atoms with Crippen LogP contribution in [0.2, 0.25) is 0 Å². The molecule has 0 spiro atoms. The largest absolute Gasteiger partial charge is 0.491 e. The zero-order valence-corrected chi connectivity index (χ0v) is 22.2. The fraction of sp³-hybridized carbons (Fsp3) is 0.379. The molecule has 10 heteroatoms. The molecule has 6 rings (SSSR count). The van der Waals surface area contributed by atoms with Crippen LogP contribution in [-0.2, 0) is 16.0 Å². The van der Waals surface area contributed by atoms with E-state index in [0.717, 1.165) is 24.8 Å². The van der Waals surface area contributed by atoms with Gasteiger partial charge in [0.2, 0.25) is 12.7 Å². The molecule has 3 aliphatic rings. The molecule has 1 saturated heterocycles. The van der Waals surface area contributed by atoms with Crippen LogP contribution in [0.3, 0.4) is 0 Å². The third kappa shape index (κ3) is 5.58. The first-order chi connectivity index (χ1) is 19.0. The Kier molecular flexibility index (Phi) is 7.38. The maximum absolute atomic E-state index is 13.8. The van der Waals surface area contributed by atoms with Crippen LogP contribution in [0.25, 0.3) is 0 Å². The van der Waals surface area contributed by atoms with Crippen LogP contribution in [0.5, 0.6) is 17.2 Å². The average molecular weight is 553 g/mol. The van der Waals surface area contributed by atoms with Gasteiger partial charge in [0, 0.05) is 36.2 Å². The second-order valence-electron chi connectivity index (χ2n) is 9.81. The van der Waals surface area contributed by atoms with Crippen LogP contribution >= 0.6 is 11.3 Å². The molecule has 0 N–H and O–H groups in total. The van der Waals surface area contributed by atoms with Crippen molar-refractivity contribution in [3.63, 3.8) is 0 Å². The molecule has 2 aromatic carbocycles. The van der Waals surface area contributed by atoms with Crippen LogP contribution in [0, 0.1) is 5.82 Å².